The van der Waals surface area contributed by atoms with Crippen LogP contribution in [0.25, 0.3) is 0 Å². The molecule has 1 atom stereocenters. The molecule has 1 aliphatic heterocycles. The Morgan fingerprint density at radius 2 is 1.45 bits per heavy atom. The summed E-state index contributed by atoms with van der Waals surface area (Å²) in [5.41, 5.74) is 0. The van der Waals surface area contributed by atoms with Crippen LogP contribution in [-0.2, 0) is 4.79 Å². The van der Waals surface area contributed by atoms with Crippen LogP contribution in [0, 0.1) is 5.92 Å². The summed E-state index contributed by atoms with van der Waals surface area (Å²) < 4.78 is 0. The van der Waals surface area contributed by atoms with Gasteiger partial charge in [0.1, 0.15) is 5.78 Å². The summed E-state index contributed by atoms with van der Waals surface area (Å²) in [6.45, 7) is 7.50. The predicted molar refractivity (Wildman–Crippen MR) is 87.1 cm³/mol. The zero-order valence-corrected chi connectivity index (χ0v) is 13.8. The Bertz CT molecular complexity index is 246. The highest BCUT2D eigenvalue weighted by Crippen LogP contribution is 2.20. The lowest BCUT2D eigenvalue weighted by Gasteiger charge is -2.20. The molecule has 0 saturated carbocycles. The molecule has 0 aromatic rings. The van der Waals surface area contributed by atoms with E-state index in [9.17, 15) is 4.79 Å². The van der Waals surface area contributed by atoms with Crippen LogP contribution in [0.2, 0.25) is 0 Å². The number of unbranched alkanes of at least 4 members (excludes halogenated alkanes) is 5. The molecule has 0 radical (unpaired) electrons. The molecular formula is C18H35NO. The first-order chi connectivity index (χ1) is 9.77. The predicted octanol–water partition coefficient (Wildman–Crippen LogP) is 4.82. The zero-order chi connectivity index (χ0) is 14.6. The lowest BCUT2D eigenvalue weighted by Crippen LogP contribution is -2.31. The zero-order valence-electron chi connectivity index (χ0n) is 13.8. The first kappa shape index (κ1) is 17.7. The van der Waals surface area contributed by atoms with Crippen LogP contribution in [0.4, 0.5) is 0 Å². The van der Waals surface area contributed by atoms with Crippen molar-refractivity contribution in [1.82, 2.24) is 4.90 Å². The molecule has 0 spiro atoms. The van der Waals surface area contributed by atoms with Gasteiger partial charge in [-0.05, 0) is 38.8 Å². The molecule has 0 aromatic carbocycles. The molecule has 20 heavy (non-hydrogen) atoms. The molecule has 1 unspecified atom stereocenters. The number of nitrogens with zero attached hydrogens (tertiary/aromatic N) is 1. The van der Waals surface area contributed by atoms with Crippen molar-refractivity contribution in [3.63, 3.8) is 0 Å². The minimum Gasteiger partial charge on any atom is -0.298 e. The summed E-state index contributed by atoms with van der Waals surface area (Å²) in [6.07, 6.45) is 13.8. The van der Waals surface area contributed by atoms with Crippen molar-refractivity contribution in [2.45, 2.75) is 84.5 Å². The van der Waals surface area contributed by atoms with E-state index >= 15 is 0 Å². The maximum absolute atomic E-state index is 12.5. The van der Waals surface area contributed by atoms with Gasteiger partial charge >= 0.3 is 0 Å². The van der Waals surface area contributed by atoms with E-state index in [1.165, 1.54) is 57.8 Å². The van der Waals surface area contributed by atoms with Gasteiger partial charge in [-0.3, -0.25) is 9.69 Å². The molecule has 0 aliphatic carbocycles. The lowest BCUT2D eigenvalue weighted by atomic mass is 9.90. The van der Waals surface area contributed by atoms with Gasteiger partial charge in [0.05, 0.1) is 6.54 Å². The van der Waals surface area contributed by atoms with Crippen LogP contribution in [0.15, 0.2) is 0 Å². The maximum Gasteiger partial charge on any atom is 0.149 e. The van der Waals surface area contributed by atoms with Gasteiger partial charge in [0.25, 0.3) is 0 Å². The topological polar surface area (TPSA) is 20.3 Å². The highest BCUT2D eigenvalue weighted by molar-refractivity contribution is 5.82. The van der Waals surface area contributed by atoms with Gasteiger partial charge in [0.2, 0.25) is 0 Å². The molecule has 0 N–H and O–H groups in total. The number of Topliss-reactive ketones (excluding diaryl/α,β-unsaturated/α-hetero) is 1. The number of hydrogen-bond donors (Lipinski definition) is 0. The van der Waals surface area contributed by atoms with Gasteiger partial charge in [-0.25, -0.2) is 0 Å². The summed E-state index contributed by atoms with van der Waals surface area (Å²) in [7, 11) is 0. The van der Waals surface area contributed by atoms with Crippen molar-refractivity contribution >= 4 is 5.78 Å². The third-order valence-electron chi connectivity index (χ3n) is 4.60. The van der Waals surface area contributed by atoms with E-state index < -0.39 is 0 Å². The summed E-state index contributed by atoms with van der Waals surface area (Å²) in [4.78, 5) is 14.9. The van der Waals surface area contributed by atoms with Crippen molar-refractivity contribution in [3.05, 3.63) is 0 Å². The molecule has 2 nitrogen and oxygen atoms in total. The first-order valence-electron chi connectivity index (χ1n) is 9.03. The Morgan fingerprint density at radius 3 is 2.05 bits per heavy atom. The normalized spacial score (nSPS) is 17.5. The van der Waals surface area contributed by atoms with Crippen molar-refractivity contribution in [2.75, 3.05) is 19.6 Å². The van der Waals surface area contributed by atoms with Crippen molar-refractivity contribution in [3.8, 4) is 0 Å². The largest absolute Gasteiger partial charge is 0.298 e. The Labute approximate surface area is 126 Å². The molecule has 2 heteroatoms. The smallest absolute Gasteiger partial charge is 0.149 e. The molecule has 0 aromatic heterocycles. The van der Waals surface area contributed by atoms with E-state index in [2.05, 4.69) is 18.7 Å². The average molecular weight is 281 g/mol. The first-order valence-corrected chi connectivity index (χ1v) is 9.03. The van der Waals surface area contributed by atoms with Crippen LogP contribution in [0.1, 0.15) is 84.5 Å². The van der Waals surface area contributed by atoms with Gasteiger partial charge < -0.3 is 0 Å². The minimum atomic E-state index is 0.346. The molecule has 1 fully saturated rings. The van der Waals surface area contributed by atoms with Crippen molar-refractivity contribution in [1.29, 1.82) is 0 Å². The summed E-state index contributed by atoms with van der Waals surface area (Å²) in [5, 5.41) is 0. The SMILES string of the molecule is CCCCCCC(CCCCC)C(=O)CN1CCCC1. The minimum absolute atomic E-state index is 0.346. The fourth-order valence-corrected chi connectivity index (χ4v) is 3.21. The highest BCUT2D eigenvalue weighted by Gasteiger charge is 2.21. The van der Waals surface area contributed by atoms with Crippen LogP contribution in [0.5, 0.6) is 0 Å². The molecule has 0 amide bonds. The van der Waals surface area contributed by atoms with Crippen molar-refractivity contribution < 1.29 is 4.79 Å². The summed E-state index contributed by atoms with van der Waals surface area (Å²) in [5.74, 6) is 0.874. The molecule has 1 saturated heterocycles. The number of carbonyl (C=O) groups excluding carboxylic acids is 1. The lowest BCUT2D eigenvalue weighted by molar-refractivity contribution is -0.124. The van der Waals surface area contributed by atoms with Gasteiger partial charge in [-0.2, -0.15) is 0 Å². The number of hydrogen-bond acceptors (Lipinski definition) is 2. The van der Waals surface area contributed by atoms with E-state index in [0.29, 0.717) is 11.7 Å². The fraction of sp³-hybridized carbons (Fsp3) is 0.944. The van der Waals surface area contributed by atoms with Gasteiger partial charge in [0, 0.05) is 5.92 Å². The van der Waals surface area contributed by atoms with Crippen LogP contribution in [0.3, 0.4) is 0 Å². The van der Waals surface area contributed by atoms with Crippen LogP contribution in [-0.4, -0.2) is 30.3 Å². The van der Waals surface area contributed by atoms with Crippen molar-refractivity contribution in [2.24, 2.45) is 5.92 Å². The second kappa shape index (κ2) is 11.3. The Kier molecular flexibility index (Phi) is 10.00. The quantitative estimate of drug-likeness (QED) is 0.478. The van der Waals surface area contributed by atoms with E-state index in [1.807, 2.05) is 0 Å². The Balaban J connectivity index is 2.31. The number of likely N-dealkylation sites (tertiary alicyclic amines) is 1. The number of rotatable bonds is 12. The molecule has 1 aliphatic rings. The van der Waals surface area contributed by atoms with E-state index in [1.54, 1.807) is 0 Å². The van der Waals surface area contributed by atoms with E-state index in [-0.39, 0.29) is 0 Å². The van der Waals surface area contributed by atoms with E-state index in [4.69, 9.17) is 0 Å². The van der Waals surface area contributed by atoms with Crippen LogP contribution >= 0.6 is 0 Å². The highest BCUT2D eigenvalue weighted by atomic mass is 16.1. The number of carbonyl (C=O) groups is 1. The molecule has 118 valence electrons. The average Bonchev–Trinajstić information content (AvgIpc) is 2.94. The Morgan fingerprint density at radius 1 is 0.900 bits per heavy atom. The second-order valence-electron chi connectivity index (χ2n) is 6.49. The third kappa shape index (κ3) is 7.42. The van der Waals surface area contributed by atoms with E-state index in [0.717, 1.165) is 32.5 Å². The van der Waals surface area contributed by atoms with Gasteiger partial charge in [-0.15, -0.1) is 0 Å². The fourth-order valence-electron chi connectivity index (χ4n) is 3.21. The molecule has 1 heterocycles. The monoisotopic (exact) mass is 281 g/mol. The van der Waals surface area contributed by atoms with Gasteiger partial charge in [0.15, 0.2) is 0 Å². The third-order valence-corrected chi connectivity index (χ3v) is 4.60. The second-order valence-corrected chi connectivity index (χ2v) is 6.49. The molecule has 0 bridgehead atoms. The standard InChI is InChI=1S/C18H35NO/c1-3-5-7-9-13-17(12-8-6-4-2)18(20)16-19-14-10-11-15-19/h17H,3-16H2,1-2H3. The summed E-state index contributed by atoms with van der Waals surface area (Å²) >= 11 is 0. The van der Waals surface area contributed by atoms with Gasteiger partial charge in [-0.1, -0.05) is 58.8 Å². The maximum atomic E-state index is 12.5. The Hall–Kier alpha value is -0.370. The summed E-state index contributed by atoms with van der Waals surface area (Å²) in [6, 6.07) is 0. The molecule has 1 rings (SSSR count). The number of ketones is 1. The van der Waals surface area contributed by atoms with Crippen LogP contribution < -0.4 is 0 Å². The molecular weight excluding hydrogens is 246 g/mol.